The van der Waals surface area contributed by atoms with E-state index < -0.39 is 0 Å². The molecule has 0 spiro atoms. The molecule has 0 fully saturated rings. The van der Waals surface area contributed by atoms with Gasteiger partial charge in [-0.05, 0) is 47.2 Å². The van der Waals surface area contributed by atoms with Gasteiger partial charge in [-0.25, -0.2) is 9.97 Å². The van der Waals surface area contributed by atoms with Crippen LogP contribution in [0.4, 0.5) is 0 Å². The van der Waals surface area contributed by atoms with Gasteiger partial charge in [0.2, 0.25) is 0 Å². The molecule has 34 heavy (non-hydrogen) atoms. The SMILES string of the molecule is c1ccc2c(c1)cc1c3c4c(ccc3n3c5nc6ccccc6nc5c2c13)oc1ccccc14. The number of para-hydroxylation sites is 3. The fraction of sp³-hybridized carbons (Fsp3) is 0. The summed E-state index contributed by atoms with van der Waals surface area (Å²) in [7, 11) is 0. The second kappa shape index (κ2) is 5.61. The molecule has 0 saturated heterocycles. The van der Waals surface area contributed by atoms with Crippen LogP contribution in [0.1, 0.15) is 0 Å². The molecular formula is C30H15N3O. The van der Waals surface area contributed by atoms with Crippen LogP contribution >= 0.6 is 0 Å². The van der Waals surface area contributed by atoms with Crippen LogP contribution in [0.3, 0.4) is 0 Å². The van der Waals surface area contributed by atoms with Gasteiger partial charge < -0.3 is 4.42 Å². The molecule has 0 amide bonds. The van der Waals surface area contributed by atoms with E-state index >= 15 is 0 Å². The van der Waals surface area contributed by atoms with Crippen molar-refractivity contribution >= 4 is 82.1 Å². The Hall–Kier alpha value is -4.70. The molecule has 156 valence electrons. The predicted molar refractivity (Wildman–Crippen MR) is 139 cm³/mol. The fourth-order valence-electron chi connectivity index (χ4n) is 5.92. The molecule has 0 radical (unpaired) electrons. The van der Waals surface area contributed by atoms with E-state index in [1.165, 1.54) is 32.4 Å². The van der Waals surface area contributed by atoms with E-state index in [-0.39, 0.29) is 0 Å². The van der Waals surface area contributed by atoms with Crippen molar-refractivity contribution in [1.82, 2.24) is 14.4 Å². The maximum atomic E-state index is 6.24. The Kier molecular flexibility index (Phi) is 2.78. The van der Waals surface area contributed by atoms with Crippen LogP contribution < -0.4 is 0 Å². The second-order valence-electron chi connectivity index (χ2n) is 9.02. The highest BCUT2D eigenvalue weighted by Gasteiger charge is 2.24. The number of aromatic nitrogens is 3. The van der Waals surface area contributed by atoms with E-state index in [1.807, 2.05) is 36.4 Å². The van der Waals surface area contributed by atoms with Crippen LogP contribution in [0, 0.1) is 0 Å². The molecule has 9 rings (SSSR count). The molecule has 0 aliphatic carbocycles. The summed E-state index contributed by atoms with van der Waals surface area (Å²) in [5.74, 6) is 0. The lowest BCUT2D eigenvalue weighted by molar-refractivity contribution is 0.669. The third kappa shape index (κ3) is 1.84. The van der Waals surface area contributed by atoms with Crippen LogP contribution in [0.5, 0.6) is 0 Å². The number of hydrogen-bond donors (Lipinski definition) is 0. The molecule has 0 aliphatic heterocycles. The van der Waals surface area contributed by atoms with Gasteiger partial charge >= 0.3 is 0 Å². The third-order valence-electron chi connectivity index (χ3n) is 7.28. The summed E-state index contributed by atoms with van der Waals surface area (Å²) in [4.78, 5) is 10.3. The average molecular weight is 433 g/mol. The van der Waals surface area contributed by atoms with E-state index in [2.05, 4.69) is 59.0 Å². The lowest BCUT2D eigenvalue weighted by Gasteiger charge is -2.03. The zero-order valence-electron chi connectivity index (χ0n) is 17.9. The van der Waals surface area contributed by atoms with E-state index in [4.69, 9.17) is 14.4 Å². The molecule has 4 heteroatoms. The quantitative estimate of drug-likeness (QED) is 0.245. The zero-order valence-corrected chi connectivity index (χ0v) is 17.9. The minimum Gasteiger partial charge on any atom is -0.456 e. The predicted octanol–water partition coefficient (Wildman–Crippen LogP) is 7.83. The van der Waals surface area contributed by atoms with Crippen molar-refractivity contribution in [2.24, 2.45) is 0 Å². The summed E-state index contributed by atoms with van der Waals surface area (Å²) >= 11 is 0. The number of hydrogen-bond acceptors (Lipinski definition) is 3. The largest absolute Gasteiger partial charge is 0.456 e. The van der Waals surface area contributed by atoms with Crippen molar-refractivity contribution in [2.45, 2.75) is 0 Å². The molecule has 0 N–H and O–H groups in total. The topological polar surface area (TPSA) is 43.3 Å². The molecule has 0 bridgehead atoms. The summed E-state index contributed by atoms with van der Waals surface area (Å²) in [5.41, 5.74) is 7.81. The molecule has 4 aromatic heterocycles. The molecule has 4 nitrogen and oxygen atoms in total. The van der Waals surface area contributed by atoms with Crippen LogP contribution in [-0.4, -0.2) is 14.4 Å². The van der Waals surface area contributed by atoms with Gasteiger partial charge in [0.25, 0.3) is 0 Å². The maximum absolute atomic E-state index is 6.24. The molecule has 5 aromatic carbocycles. The molecular weight excluding hydrogens is 418 g/mol. The van der Waals surface area contributed by atoms with Gasteiger partial charge in [-0.15, -0.1) is 0 Å². The molecule has 0 unspecified atom stereocenters. The normalized spacial score (nSPS) is 12.7. The Morgan fingerprint density at radius 2 is 1.35 bits per heavy atom. The van der Waals surface area contributed by atoms with Gasteiger partial charge in [0, 0.05) is 26.9 Å². The van der Waals surface area contributed by atoms with E-state index in [9.17, 15) is 0 Å². The molecule has 0 atom stereocenters. The highest BCUT2D eigenvalue weighted by Crippen LogP contribution is 2.46. The minimum absolute atomic E-state index is 0.900. The highest BCUT2D eigenvalue weighted by atomic mass is 16.3. The van der Waals surface area contributed by atoms with Crippen molar-refractivity contribution in [2.75, 3.05) is 0 Å². The van der Waals surface area contributed by atoms with Crippen molar-refractivity contribution in [3.05, 3.63) is 91.0 Å². The number of benzene rings is 5. The summed E-state index contributed by atoms with van der Waals surface area (Å²) in [6, 6.07) is 31.6. The summed E-state index contributed by atoms with van der Waals surface area (Å²) in [5, 5.41) is 8.30. The number of nitrogens with zero attached hydrogens (tertiary/aromatic N) is 3. The summed E-state index contributed by atoms with van der Waals surface area (Å²) < 4.78 is 8.55. The van der Waals surface area contributed by atoms with E-state index in [1.54, 1.807) is 0 Å². The van der Waals surface area contributed by atoms with Crippen LogP contribution in [0.15, 0.2) is 95.4 Å². The fourth-order valence-corrected chi connectivity index (χ4v) is 5.92. The monoisotopic (exact) mass is 433 g/mol. The minimum atomic E-state index is 0.900. The summed E-state index contributed by atoms with van der Waals surface area (Å²) in [6.45, 7) is 0. The van der Waals surface area contributed by atoms with Crippen molar-refractivity contribution in [3.8, 4) is 0 Å². The first kappa shape index (κ1) is 16.9. The Balaban J connectivity index is 1.68. The molecule has 9 aromatic rings. The number of fused-ring (bicyclic) bond motifs is 13. The van der Waals surface area contributed by atoms with E-state index in [0.29, 0.717) is 0 Å². The Morgan fingerprint density at radius 3 is 2.26 bits per heavy atom. The molecule has 0 saturated carbocycles. The van der Waals surface area contributed by atoms with Gasteiger partial charge in [-0.3, -0.25) is 4.40 Å². The van der Waals surface area contributed by atoms with Gasteiger partial charge in [0.05, 0.1) is 22.1 Å². The van der Waals surface area contributed by atoms with Crippen LogP contribution in [0.2, 0.25) is 0 Å². The van der Waals surface area contributed by atoms with Gasteiger partial charge in [-0.1, -0.05) is 54.6 Å². The first-order valence-corrected chi connectivity index (χ1v) is 11.4. The van der Waals surface area contributed by atoms with Crippen molar-refractivity contribution < 1.29 is 4.42 Å². The second-order valence-corrected chi connectivity index (χ2v) is 9.02. The van der Waals surface area contributed by atoms with E-state index in [0.717, 1.165) is 49.7 Å². The first-order valence-electron chi connectivity index (χ1n) is 11.4. The smallest absolute Gasteiger partial charge is 0.165 e. The standard InChI is InChI=1S/C30H15N3O/c1-2-8-17-16(7-1)15-19-25-22(13-14-24-26(25)18-9-3-6-12-23(18)34-24)33-29(19)27(17)28-30(33)32-21-11-5-4-10-20(21)31-28/h1-15H. The van der Waals surface area contributed by atoms with Gasteiger partial charge in [0.15, 0.2) is 5.65 Å². The van der Waals surface area contributed by atoms with Crippen LogP contribution in [0.25, 0.3) is 82.1 Å². The lowest BCUT2D eigenvalue weighted by Crippen LogP contribution is -1.89. The van der Waals surface area contributed by atoms with Gasteiger partial charge in [-0.2, -0.15) is 0 Å². The zero-order chi connectivity index (χ0) is 22.0. The highest BCUT2D eigenvalue weighted by molar-refractivity contribution is 6.35. The average Bonchev–Trinajstić information content (AvgIpc) is 3.52. The summed E-state index contributed by atoms with van der Waals surface area (Å²) in [6.07, 6.45) is 0. The van der Waals surface area contributed by atoms with Gasteiger partial charge in [0.1, 0.15) is 16.7 Å². The van der Waals surface area contributed by atoms with Crippen molar-refractivity contribution in [1.29, 1.82) is 0 Å². The first-order chi connectivity index (χ1) is 16.9. The number of furan rings is 1. The number of rotatable bonds is 0. The third-order valence-corrected chi connectivity index (χ3v) is 7.28. The molecule has 4 heterocycles. The Bertz CT molecular complexity index is 2290. The van der Waals surface area contributed by atoms with Crippen LogP contribution in [-0.2, 0) is 0 Å². The lowest BCUT2D eigenvalue weighted by atomic mass is 10.00. The molecule has 0 aliphatic rings. The Morgan fingerprint density at radius 1 is 0.588 bits per heavy atom. The maximum Gasteiger partial charge on any atom is 0.165 e. The Labute approximate surface area is 192 Å². The van der Waals surface area contributed by atoms with Crippen molar-refractivity contribution in [3.63, 3.8) is 0 Å².